The van der Waals surface area contributed by atoms with Gasteiger partial charge in [0.1, 0.15) is 0 Å². The molecule has 0 aliphatic heterocycles. The summed E-state index contributed by atoms with van der Waals surface area (Å²) in [6.07, 6.45) is 3.54. The van der Waals surface area contributed by atoms with Gasteiger partial charge in [0.15, 0.2) is 0 Å². The second-order valence-electron chi connectivity index (χ2n) is 3.91. The number of hydrogen-bond acceptors (Lipinski definition) is 3. The minimum absolute atomic E-state index is 0.0103. The molecule has 0 N–H and O–H groups in total. The number of ether oxygens (including phenoxy) is 2. The van der Waals surface area contributed by atoms with E-state index in [2.05, 4.69) is 13.8 Å². The summed E-state index contributed by atoms with van der Waals surface area (Å²) in [7, 11) is 3.02. The third kappa shape index (κ3) is 1.69. The lowest BCUT2D eigenvalue weighted by Gasteiger charge is -1.98. The molecule has 0 radical (unpaired) electrons. The molecule has 3 nitrogen and oxygen atoms in total. The summed E-state index contributed by atoms with van der Waals surface area (Å²) in [6.45, 7) is 4.11. The van der Waals surface area contributed by atoms with E-state index in [1.807, 2.05) is 6.08 Å². The predicted molar refractivity (Wildman–Crippen MR) is 48.9 cm³/mol. The Morgan fingerprint density at radius 3 is 2.46 bits per heavy atom. The molecule has 0 heterocycles. The molecule has 0 spiro atoms. The maximum Gasteiger partial charge on any atom is 0.309 e. The van der Waals surface area contributed by atoms with Crippen molar-refractivity contribution in [1.82, 2.24) is 0 Å². The molecule has 0 amide bonds. The highest BCUT2D eigenvalue weighted by atomic mass is 16.5. The molecule has 0 unspecified atom stereocenters. The Hall–Kier alpha value is -0.990. The standard InChI is InChI=1S/C10H16O3/c1-10(2)7(5-6-12-3)8(10)9(11)13-4/h5-8H,1-4H3/t7-,8+/m1/s1. The van der Waals surface area contributed by atoms with Crippen molar-refractivity contribution >= 4 is 5.97 Å². The van der Waals surface area contributed by atoms with E-state index in [9.17, 15) is 4.79 Å². The molecule has 3 heteroatoms. The van der Waals surface area contributed by atoms with Crippen LogP contribution in [-0.4, -0.2) is 20.2 Å². The van der Waals surface area contributed by atoms with Gasteiger partial charge < -0.3 is 9.47 Å². The van der Waals surface area contributed by atoms with E-state index in [0.29, 0.717) is 0 Å². The lowest BCUT2D eigenvalue weighted by atomic mass is 10.1. The van der Waals surface area contributed by atoms with Crippen LogP contribution in [0.5, 0.6) is 0 Å². The molecular weight excluding hydrogens is 168 g/mol. The van der Waals surface area contributed by atoms with E-state index in [1.165, 1.54) is 7.11 Å². The SMILES string of the molecule is COC=C[C@@H]1[C@@H](C(=O)OC)C1(C)C. The first-order chi connectivity index (χ1) is 6.05. The van der Waals surface area contributed by atoms with E-state index < -0.39 is 0 Å². The van der Waals surface area contributed by atoms with Gasteiger partial charge in [-0.25, -0.2) is 0 Å². The van der Waals surface area contributed by atoms with Crippen LogP contribution in [0.3, 0.4) is 0 Å². The average molecular weight is 184 g/mol. The first-order valence-electron chi connectivity index (χ1n) is 4.33. The van der Waals surface area contributed by atoms with Crippen LogP contribution >= 0.6 is 0 Å². The zero-order valence-electron chi connectivity index (χ0n) is 8.53. The van der Waals surface area contributed by atoms with Crippen molar-refractivity contribution in [3.05, 3.63) is 12.3 Å². The number of carbonyl (C=O) groups is 1. The molecule has 1 saturated carbocycles. The Morgan fingerprint density at radius 1 is 1.38 bits per heavy atom. The van der Waals surface area contributed by atoms with Crippen molar-refractivity contribution in [2.45, 2.75) is 13.8 Å². The number of rotatable bonds is 3. The predicted octanol–water partition coefficient (Wildman–Crippen LogP) is 1.59. The van der Waals surface area contributed by atoms with Crippen LogP contribution in [-0.2, 0) is 14.3 Å². The van der Waals surface area contributed by atoms with E-state index in [1.54, 1.807) is 13.4 Å². The molecule has 74 valence electrons. The maximum absolute atomic E-state index is 11.3. The molecule has 0 aromatic rings. The number of hydrogen-bond donors (Lipinski definition) is 0. The van der Waals surface area contributed by atoms with Crippen LogP contribution in [0.4, 0.5) is 0 Å². The van der Waals surface area contributed by atoms with Crippen LogP contribution in [0.2, 0.25) is 0 Å². The molecule has 0 saturated heterocycles. The molecule has 13 heavy (non-hydrogen) atoms. The van der Waals surface area contributed by atoms with Gasteiger partial charge in [-0.05, 0) is 17.4 Å². The van der Waals surface area contributed by atoms with Crippen molar-refractivity contribution in [2.75, 3.05) is 14.2 Å². The summed E-state index contributed by atoms with van der Waals surface area (Å²) in [5.74, 6) is 0.111. The van der Waals surface area contributed by atoms with Gasteiger partial charge in [0.2, 0.25) is 0 Å². The van der Waals surface area contributed by atoms with Gasteiger partial charge >= 0.3 is 5.97 Å². The van der Waals surface area contributed by atoms with Gasteiger partial charge in [0.05, 0.1) is 26.4 Å². The maximum atomic E-state index is 11.3. The van der Waals surface area contributed by atoms with E-state index in [4.69, 9.17) is 9.47 Å². The van der Waals surface area contributed by atoms with Crippen molar-refractivity contribution in [3.63, 3.8) is 0 Å². The smallest absolute Gasteiger partial charge is 0.309 e. The molecule has 0 bridgehead atoms. The molecule has 1 fully saturated rings. The highest BCUT2D eigenvalue weighted by Gasteiger charge is 2.61. The van der Waals surface area contributed by atoms with Gasteiger partial charge in [-0.15, -0.1) is 0 Å². The zero-order valence-corrected chi connectivity index (χ0v) is 8.53. The summed E-state index contributed by atoms with van der Waals surface area (Å²) < 4.78 is 9.52. The number of esters is 1. The van der Waals surface area contributed by atoms with Gasteiger partial charge in [-0.1, -0.05) is 13.8 Å². The molecule has 1 rings (SSSR count). The molecule has 1 aliphatic carbocycles. The minimum atomic E-state index is -0.129. The lowest BCUT2D eigenvalue weighted by Crippen LogP contribution is -2.07. The monoisotopic (exact) mass is 184 g/mol. The highest BCUT2D eigenvalue weighted by molar-refractivity contribution is 5.78. The molecule has 0 aromatic heterocycles. The Labute approximate surface area is 78.7 Å². The van der Waals surface area contributed by atoms with Crippen LogP contribution in [0.25, 0.3) is 0 Å². The van der Waals surface area contributed by atoms with Gasteiger partial charge in [-0.3, -0.25) is 4.79 Å². The van der Waals surface area contributed by atoms with E-state index in [-0.39, 0.29) is 23.2 Å². The lowest BCUT2D eigenvalue weighted by molar-refractivity contribution is -0.143. The topological polar surface area (TPSA) is 35.5 Å². The first kappa shape index (κ1) is 10.1. The number of carbonyl (C=O) groups excluding carboxylic acids is 1. The quantitative estimate of drug-likeness (QED) is 0.493. The second-order valence-corrected chi connectivity index (χ2v) is 3.91. The largest absolute Gasteiger partial charge is 0.505 e. The Balaban J connectivity index is 2.60. The Morgan fingerprint density at radius 2 is 2.00 bits per heavy atom. The fraction of sp³-hybridized carbons (Fsp3) is 0.700. The van der Waals surface area contributed by atoms with Gasteiger partial charge in [0, 0.05) is 0 Å². The number of methoxy groups -OCH3 is 2. The average Bonchev–Trinajstić information content (AvgIpc) is 2.63. The molecule has 0 aromatic carbocycles. The minimum Gasteiger partial charge on any atom is -0.505 e. The third-order valence-electron chi connectivity index (χ3n) is 2.79. The normalized spacial score (nSPS) is 30.2. The second kappa shape index (κ2) is 3.40. The van der Waals surface area contributed by atoms with E-state index in [0.717, 1.165) is 0 Å². The van der Waals surface area contributed by atoms with Crippen molar-refractivity contribution in [2.24, 2.45) is 17.3 Å². The fourth-order valence-electron chi connectivity index (χ4n) is 1.78. The summed E-state index contributed by atoms with van der Waals surface area (Å²) in [4.78, 5) is 11.3. The van der Waals surface area contributed by atoms with Crippen LogP contribution < -0.4 is 0 Å². The summed E-state index contributed by atoms with van der Waals surface area (Å²) >= 11 is 0. The van der Waals surface area contributed by atoms with Gasteiger partial charge in [0.25, 0.3) is 0 Å². The molecule has 2 atom stereocenters. The van der Waals surface area contributed by atoms with E-state index >= 15 is 0 Å². The summed E-state index contributed by atoms with van der Waals surface area (Å²) in [6, 6.07) is 0. The molecule has 1 aliphatic rings. The summed E-state index contributed by atoms with van der Waals surface area (Å²) in [5.41, 5.74) is 0.0160. The van der Waals surface area contributed by atoms with Crippen molar-refractivity contribution in [1.29, 1.82) is 0 Å². The van der Waals surface area contributed by atoms with Crippen molar-refractivity contribution in [3.8, 4) is 0 Å². The zero-order chi connectivity index (χ0) is 10.1. The Bertz CT molecular complexity index is 230. The molecular formula is C10H16O3. The fourth-order valence-corrected chi connectivity index (χ4v) is 1.78. The third-order valence-corrected chi connectivity index (χ3v) is 2.79. The first-order valence-corrected chi connectivity index (χ1v) is 4.33. The van der Waals surface area contributed by atoms with Crippen LogP contribution in [0.1, 0.15) is 13.8 Å². The van der Waals surface area contributed by atoms with Crippen molar-refractivity contribution < 1.29 is 14.3 Å². The van der Waals surface area contributed by atoms with Gasteiger partial charge in [-0.2, -0.15) is 0 Å². The Kier molecular flexibility index (Phi) is 2.64. The van der Waals surface area contributed by atoms with Crippen LogP contribution in [0, 0.1) is 17.3 Å². The van der Waals surface area contributed by atoms with Crippen LogP contribution in [0.15, 0.2) is 12.3 Å². The highest BCUT2D eigenvalue weighted by Crippen LogP contribution is 2.59. The number of allylic oxidation sites excluding steroid dienone is 1. The summed E-state index contributed by atoms with van der Waals surface area (Å²) in [5, 5.41) is 0.